The molecule has 0 radical (unpaired) electrons. The van der Waals surface area contributed by atoms with Gasteiger partial charge in [-0.25, -0.2) is 8.78 Å². The number of benzene rings is 2. The lowest BCUT2D eigenvalue weighted by atomic mass is 9.83. The second-order valence-corrected chi connectivity index (χ2v) is 7.83. The van der Waals surface area contributed by atoms with Crippen LogP contribution in [0.3, 0.4) is 0 Å². The largest absolute Gasteiger partial charge is 0.303 e. The molecule has 4 rings (SSSR count). The van der Waals surface area contributed by atoms with Crippen LogP contribution in [0.5, 0.6) is 0 Å². The lowest BCUT2D eigenvalue weighted by Gasteiger charge is -2.32. The van der Waals surface area contributed by atoms with E-state index in [1.807, 2.05) is 24.3 Å². The minimum Gasteiger partial charge on any atom is -0.303 e. The fraction of sp³-hybridized carbons (Fsp3) is 0.455. The first-order chi connectivity index (χ1) is 12.1. The van der Waals surface area contributed by atoms with Gasteiger partial charge in [0.05, 0.1) is 6.04 Å². The first kappa shape index (κ1) is 16.7. The molecule has 2 saturated carbocycles. The minimum atomic E-state index is -0.234. The smallest absolute Gasteiger partial charge is 0.123 e. The average Bonchev–Trinajstić information content (AvgIpc) is 3.25. The van der Waals surface area contributed by atoms with Gasteiger partial charge in [0.2, 0.25) is 0 Å². The molecular weight excluding hydrogens is 316 g/mol. The third-order valence-corrected chi connectivity index (χ3v) is 6.27. The number of nitrogens with one attached hydrogen (secondary N) is 1. The van der Waals surface area contributed by atoms with Crippen molar-refractivity contribution < 1.29 is 8.78 Å². The molecule has 1 N–H and O–H groups in total. The lowest BCUT2D eigenvalue weighted by Crippen LogP contribution is -2.39. The summed E-state index contributed by atoms with van der Waals surface area (Å²) in [5.41, 5.74) is 2.03. The summed E-state index contributed by atoms with van der Waals surface area (Å²) in [6, 6.07) is 13.6. The van der Waals surface area contributed by atoms with Gasteiger partial charge in [0, 0.05) is 6.04 Å². The number of hydrogen-bond acceptors (Lipinski definition) is 1. The Bertz CT molecular complexity index is 664. The van der Waals surface area contributed by atoms with E-state index in [4.69, 9.17) is 0 Å². The highest BCUT2D eigenvalue weighted by atomic mass is 19.1. The van der Waals surface area contributed by atoms with Gasteiger partial charge in [0.1, 0.15) is 11.6 Å². The quantitative estimate of drug-likeness (QED) is 0.760. The number of hydrogen-bond donors (Lipinski definition) is 1. The highest BCUT2D eigenvalue weighted by Gasteiger charge is 2.42. The zero-order valence-electron chi connectivity index (χ0n) is 14.6. The fourth-order valence-electron chi connectivity index (χ4n) is 4.99. The molecule has 2 aliphatic rings. The van der Waals surface area contributed by atoms with Crippen molar-refractivity contribution in [1.29, 1.82) is 0 Å². The van der Waals surface area contributed by atoms with E-state index < -0.39 is 0 Å². The molecular formula is C22H25F2N. The first-order valence-electron chi connectivity index (χ1n) is 9.37. The SMILES string of the molecule is CC(NC(c1ccc(F)cc1)c1ccc(F)cc1)C1CC2CCC1C2. The van der Waals surface area contributed by atoms with Gasteiger partial charge in [0.25, 0.3) is 0 Å². The van der Waals surface area contributed by atoms with E-state index in [1.165, 1.54) is 49.9 Å². The molecule has 132 valence electrons. The van der Waals surface area contributed by atoms with Crippen LogP contribution < -0.4 is 5.32 Å². The molecule has 25 heavy (non-hydrogen) atoms. The molecule has 4 unspecified atom stereocenters. The molecule has 2 fully saturated rings. The standard InChI is InChI=1S/C22H25F2N/c1-14(21-13-15-2-3-18(21)12-15)25-22(16-4-8-19(23)9-5-16)17-6-10-20(24)11-7-17/h4-11,14-15,18,21-22,25H,2-3,12-13H2,1H3. The summed E-state index contributed by atoms with van der Waals surface area (Å²) in [6.45, 7) is 2.27. The molecule has 0 aromatic heterocycles. The van der Waals surface area contributed by atoms with Crippen LogP contribution >= 0.6 is 0 Å². The molecule has 0 saturated heterocycles. The van der Waals surface area contributed by atoms with Crippen molar-refractivity contribution in [2.24, 2.45) is 17.8 Å². The van der Waals surface area contributed by atoms with Gasteiger partial charge >= 0.3 is 0 Å². The van der Waals surface area contributed by atoms with Crippen molar-refractivity contribution in [1.82, 2.24) is 5.32 Å². The van der Waals surface area contributed by atoms with E-state index in [0.717, 1.165) is 23.0 Å². The maximum absolute atomic E-state index is 13.3. The second-order valence-electron chi connectivity index (χ2n) is 7.83. The number of fused-ring (bicyclic) bond motifs is 2. The Morgan fingerprint density at radius 2 is 1.40 bits per heavy atom. The van der Waals surface area contributed by atoms with E-state index in [1.54, 1.807) is 0 Å². The predicted molar refractivity (Wildman–Crippen MR) is 96.2 cm³/mol. The number of halogens is 2. The highest BCUT2D eigenvalue weighted by molar-refractivity contribution is 5.32. The third kappa shape index (κ3) is 3.48. The van der Waals surface area contributed by atoms with Crippen molar-refractivity contribution in [2.45, 2.75) is 44.7 Å². The van der Waals surface area contributed by atoms with Gasteiger partial charge < -0.3 is 5.32 Å². The third-order valence-electron chi connectivity index (χ3n) is 6.27. The maximum Gasteiger partial charge on any atom is 0.123 e. The van der Waals surface area contributed by atoms with Crippen LogP contribution in [0.1, 0.15) is 49.8 Å². The monoisotopic (exact) mass is 341 g/mol. The van der Waals surface area contributed by atoms with Gasteiger partial charge in [-0.15, -0.1) is 0 Å². The fourth-order valence-corrected chi connectivity index (χ4v) is 4.99. The molecule has 1 nitrogen and oxygen atoms in total. The van der Waals surface area contributed by atoms with Crippen LogP contribution in [0.2, 0.25) is 0 Å². The summed E-state index contributed by atoms with van der Waals surface area (Å²) in [5, 5.41) is 3.77. The molecule has 2 aliphatic carbocycles. The Morgan fingerprint density at radius 1 is 0.840 bits per heavy atom. The van der Waals surface area contributed by atoms with Crippen molar-refractivity contribution in [3.8, 4) is 0 Å². The Hall–Kier alpha value is -1.74. The van der Waals surface area contributed by atoms with Gasteiger partial charge in [-0.2, -0.15) is 0 Å². The van der Waals surface area contributed by atoms with Crippen LogP contribution in [0.25, 0.3) is 0 Å². The summed E-state index contributed by atoms with van der Waals surface area (Å²) in [4.78, 5) is 0. The Kier molecular flexibility index (Phi) is 4.60. The summed E-state index contributed by atoms with van der Waals surface area (Å²) < 4.78 is 26.7. The van der Waals surface area contributed by atoms with Crippen LogP contribution in [-0.2, 0) is 0 Å². The van der Waals surface area contributed by atoms with E-state index in [9.17, 15) is 8.78 Å². The second kappa shape index (κ2) is 6.87. The predicted octanol–water partition coefficient (Wildman–Crippen LogP) is 5.47. The highest BCUT2D eigenvalue weighted by Crippen LogP contribution is 2.49. The van der Waals surface area contributed by atoms with Crippen LogP contribution in [0.4, 0.5) is 8.78 Å². The van der Waals surface area contributed by atoms with E-state index in [0.29, 0.717) is 12.0 Å². The van der Waals surface area contributed by atoms with E-state index in [2.05, 4.69) is 12.2 Å². The molecule has 0 amide bonds. The van der Waals surface area contributed by atoms with Crippen LogP contribution in [0, 0.1) is 29.4 Å². The average molecular weight is 341 g/mol. The molecule has 2 aromatic rings. The zero-order chi connectivity index (χ0) is 17.4. The molecule has 2 aromatic carbocycles. The molecule has 0 spiro atoms. The summed E-state index contributed by atoms with van der Waals surface area (Å²) in [7, 11) is 0. The van der Waals surface area contributed by atoms with Gasteiger partial charge in [-0.3, -0.25) is 0 Å². The van der Waals surface area contributed by atoms with Crippen molar-refractivity contribution in [3.05, 3.63) is 71.3 Å². The lowest BCUT2D eigenvalue weighted by molar-refractivity contribution is 0.252. The normalized spacial score (nSPS) is 26.3. The topological polar surface area (TPSA) is 12.0 Å². The van der Waals surface area contributed by atoms with Gasteiger partial charge in [-0.05, 0) is 79.3 Å². The van der Waals surface area contributed by atoms with Crippen molar-refractivity contribution >= 4 is 0 Å². The zero-order valence-corrected chi connectivity index (χ0v) is 14.6. The van der Waals surface area contributed by atoms with Crippen LogP contribution in [0.15, 0.2) is 48.5 Å². The Labute approximate surface area is 148 Å². The summed E-state index contributed by atoms with van der Waals surface area (Å²) in [6.07, 6.45) is 5.46. The van der Waals surface area contributed by atoms with Crippen LogP contribution in [-0.4, -0.2) is 6.04 Å². The first-order valence-corrected chi connectivity index (χ1v) is 9.37. The summed E-state index contributed by atoms with van der Waals surface area (Å²) >= 11 is 0. The minimum absolute atomic E-state index is 0.0460. The van der Waals surface area contributed by atoms with E-state index >= 15 is 0 Å². The molecule has 3 heteroatoms. The van der Waals surface area contributed by atoms with Crippen molar-refractivity contribution in [2.75, 3.05) is 0 Å². The Balaban J connectivity index is 1.58. The Morgan fingerprint density at radius 3 is 1.84 bits per heavy atom. The molecule has 2 bridgehead atoms. The van der Waals surface area contributed by atoms with Gasteiger partial charge in [0.15, 0.2) is 0 Å². The molecule has 0 aliphatic heterocycles. The van der Waals surface area contributed by atoms with E-state index in [-0.39, 0.29) is 17.7 Å². The summed E-state index contributed by atoms with van der Waals surface area (Å²) in [5.74, 6) is 2.00. The van der Waals surface area contributed by atoms with Crippen molar-refractivity contribution in [3.63, 3.8) is 0 Å². The molecule has 4 atom stereocenters. The van der Waals surface area contributed by atoms with Gasteiger partial charge in [-0.1, -0.05) is 30.7 Å². The molecule has 0 heterocycles. The number of rotatable bonds is 5. The maximum atomic E-state index is 13.3.